The van der Waals surface area contributed by atoms with Crippen LogP contribution in [0.5, 0.6) is 0 Å². The van der Waals surface area contributed by atoms with Gasteiger partial charge in [-0.1, -0.05) is 0 Å². The largest absolute Gasteiger partial charge is 0.380 e. The number of aliphatic hydroxyl groups excluding tert-OH is 2. The van der Waals surface area contributed by atoms with Crippen LogP contribution in [0.2, 0.25) is 0 Å². The highest BCUT2D eigenvalue weighted by Crippen LogP contribution is 1.94. The second-order valence-corrected chi connectivity index (χ2v) is 3.17. The number of carbonyl (C=O) groups is 2. The summed E-state index contributed by atoms with van der Waals surface area (Å²) in [5.41, 5.74) is 0. The Morgan fingerprint density at radius 3 is 1.86 bits per heavy atom. The minimum Gasteiger partial charge on any atom is -0.380 e. The monoisotopic (exact) mass is 204 g/mol. The number of carbonyl (C=O) groups excluding carboxylic acids is 2. The van der Waals surface area contributed by atoms with Crippen LogP contribution in [0.3, 0.4) is 0 Å². The van der Waals surface area contributed by atoms with Gasteiger partial charge in [0.25, 0.3) is 11.8 Å². The lowest BCUT2D eigenvalue weighted by Crippen LogP contribution is -2.50. The zero-order valence-corrected chi connectivity index (χ0v) is 8.44. The molecule has 0 bridgehead atoms. The predicted octanol–water partition coefficient (Wildman–Crippen LogP) is -2.02. The number of nitrogens with one attached hydrogen (secondary N) is 2. The lowest BCUT2D eigenvalue weighted by Gasteiger charge is -2.17. The molecule has 4 N–H and O–H groups in total. The molecule has 0 aromatic heterocycles. The normalized spacial score (nSPS) is 14.7. The van der Waals surface area contributed by atoms with Crippen molar-refractivity contribution in [2.45, 2.75) is 32.1 Å². The molecule has 0 aromatic rings. The minimum absolute atomic E-state index is 0.158. The van der Waals surface area contributed by atoms with Crippen molar-refractivity contribution in [3.63, 3.8) is 0 Å². The molecule has 0 rings (SSSR count). The summed E-state index contributed by atoms with van der Waals surface area (Å²) in [4.78, 5) is 22.0. The molecule has 0 saturated heterocycles. The number of likely N-dealkylation sites (N-methyl/N-ethyl adjacent to an activating group) is 1. The second-order valence-electron chi connectivity index (χ2n) is 3.17. The van der Waals surface area contributed by atoms with E-state index in [2.05, 4.69) is 10.6 Å². The summed E-state index contributed by atoms with van der Waals surface area (Å²) in [6.45, 7) is 3.41. The summed E-state index contributed by atoms with van der Waals surface area (Å²) >= 11 is 0. The fraction of sp³-hybridized carbons (Fsp3) is 0.750. The van der Waals surface area contributed by atoms with Gasteiger partial charge in [0.15, 0.2) is 12.2 Å². The van der Waals surface area contributed by atoms with Crippen LogP contribution in [0.4, 0.5) is 0 Å². The topological polar surface area (TPSA) is 98.7 Å². The average Bonchev–Trinajstić information content (AvgIpc) is 2.13. The van der Waals surface area contributed by atoms with Gasteiger partial charge in [0.05, 0.1) is 0 Å². The van der Waals surface area contributed by atoms with Gasteiger partial charge in [-0.3, -0.25) is 9.59 Å². The van der Waals surface area contributed by atoms with E-state index in [4.69, 9.17) is 5.11 Å². The van der Waals surface area contributed by atoms with Gasteiger partial charge < -0.3 is 20.8 Å². The predicted molar refractivity (Wildman–Crippen MR) is 49.4 cm³/mol. The summed E-state index contributed by atoms with van der Waals surface area (Å²) in [6, 6.07) is -0.158. The summed E-state index contributed by atoms with van der Waals surface area (Å²) in [7, 11) is 1.30. The van der Waals surface area contributed by atoms with Crippen molar-refractivity contribution < 1.29 is 19.8 Å². The Hall–Kier alpha value is -1.14. The fourth-order valence-corrected chi connectivity index (χ4v) is 0.805. The molecule has 0 heterocycles. The molecular weight excluding hydrogens is 188 g/mol. The van der Waals surface area contributed by atoms with Gasteiger partial charge in [-0.2, -0.15) is 0 Å². The van der Waals surface area contributed by atoms with Crippen LogP contribution in [-0.4, -0.2) is 47.3 Å². The van der Waals surface area contributed by atoms with E-state index >= 15 is 0 Å². The summed E-state index contributed by atoms with van der Waals surface area (Å²) in [5.74, 6) is -1.56. The lowest BCUT2D eigenvalue weighted by atomic mass is 10.1. The molecule has 0 aromatic carbocycles. The SMILES string of the molecule is CNC(=O)[C@@H](O)[C@H](O)C(=O)NC(C)C. The molecule has 0 aliphatic rings. The first-order valence-electron chi connectivity index (χ1n) is 4.28. The average molecular weight is 204 g/mol. The Bertz CT molecular complexity index is 217. The summed E-state index contributed by atoms with van der Waals surface area (Å²) in [6.07, 6.45) is -3.48. The van der Waals surface area contributed by atoms with E-state index in [9.17, 15) is 14.7 Å². The summed E-state index contributed by atoms with van der Waals surface area (Å²) < 4.78 is 0. The molecule has 0 fully saturated rings. The van der Waals surface area contributed by atoms with Crippen molar-refractivity contribution >= 4 is 11.8 Å². The minimum atomic E-state index is -1.74. The molecule has 0 spiro atoms. The lowest BCUT2D eigenvalue weighted by molar-refractivity contribution is -0.146. The molecule has 6 nitrogen and oxygen atoms in total. The van der Waals surface area contributed by atoms with E-state index in [0.29, 0.717) is 0 Å². The van der Waals surface area contributed by atoms with Crippen LogP contribution in [0.25, 0.3) is 0 Å². The Kier molecular flexibility index (Phi) is 5.11. The van der Waals surface area contributed by atoms with Gasteiger partial charge in [0, 0.05) is 13.1 Å². The van der Waals surface area contributed by atoms with Crippen LogP contribution in [0.15, 0.2) is 0 Å². The number of aliphatic hydroxyl groups is 2. The van der Waals surface area contributed by atoms with E-state index in [0.717, 1.165) is 0 Å². The maximum Gasteiger partial charge on any atom is 0.252 e. The maximum atomic E-state index is 11.1. The first kappa shape index (κ1) is 12.9. The molecule has 0 unspecified atom stereocenters. The van der Waals surface area contributed by atoms with Crippen LogP contribution in [0.1, 0.15) is 13.8 Å². The molecule has 0 aliphatic carbocycles. The Morgan fingerprint density at radius 2 is 1.50 bits per heavy atom. The molecule has 0 radical (unpaired) electrons. The molecule has 14 heavy (non-hydrogen) atoms. The highest BCUT2D eigenvalue weighted by atomic mass is 16.3. The third kappa shape index (κ3) is 3.71. The van der Waals surface area contributed by atoms with Crippen LogP contribution < -0.4 is 10.6 Å². The highest BCUT2D eigenvalue weighted by Gasteiger charge is 2.29. The maximum absolute atomic E-state index is 11.1. The van der Waals surface area contributed by atoms with E-state index < -0.39 is 24.0 Å². The zero-order valence-electron chi connectivity index (χ0n) is 8.44. The van der Waals surface area contributed by atoms with Crippen LogP contribution in [0, 0.1) is 0 Å². The summed E-state index contributed by atoms with van der Waals surface area (Å²) in [5, 5.41) is 22.9. The first-order chi connectivity index (χ1) is 6.40. The molecule has 2 atom stereocenters. The molecule has 6 heteroatoms. The van der Waals surface area contributed by atoms with Gasteiger partial charge in [-0.15, -0.1) is 0 Å². The molecule has 0 saturated carbocycles. The second kappa shape index (κ2) is 5.56. The number of rotatable bonds is 4. The fourth-order valence-electron chi connectivity index (χ4n) is 0.805. The Morgan fingerprint density at radius 1 is 1.07 bits per heavy atom. The van der Waals surface area contributed by atoms with Crippen molar-refractivity contribution in [1.82, 2.24) is 10.6 Å². The van der Waals surface area contributed by atoms with Crippen molar-refractivity contribution in [2.24, 2.45) is 0 Å². The first-order valence-corrected chi connectivity index (χ1v) is 4.28. The van der Waals surface area contributed by atoms with Crippen molar-refractivity contribution in [1.29, 1.82) is 0 Å². The molecule has 82 valence electrons. The van der Waals surface area contributed by atoms with E-state index in [-0.39, 0.29) is 6.04 Å². The third-order valence-corrected chi connectivity index (χ3v) is 1.51. The van der Waals surface area contributed by atoms with Crippen molar-refractivity contribution in [2.75, 3.05) is 7.05 Å². The Labute approximate surface area is 82.3 Å². The number of amides is 2. The van der Waals surface area contributed by atoms with Gasteiger partial charge in [0.1, 0.15) is 0 Å². The van der Waals surface area contributed by atoms with Crippen LogP contribution >= 0.6 is 0 Å². The molecular formula is C8H16N2O4. The smallest absolute Gasteiger partial charge is 0.252 e. The van der Waals surface area contributed by atoms with E-state index in [1.807, 2.05) is 0 Å². The van der Waals surface area contributed by atoms with Crippen molar-refractivity contribution in [3.8, 4) is 0 Å². The van der Waals surface area contributed by atoms with Crippen LogP contribution in [-0.2, 0) is 9.59 Å². The Balaban J connectivity index is 4.24. The van der Waals surface area contributed by atoms with Gasteiger partial charge in [-0.25, -0.2) is 0 Å². The quantitative estimate of drug-likeness (QED) is 0.425. The number of hydrogen-bond acceptors (Lipinski definition) is 4. The zero-order chi connectivity index (χ0) is 11.3. The van der Waals surface area contributed by atoms with Crippen molar-refractivity contribution in [3.05, 3.63) is 0 Å². The molecule has 0 aliphatic heterocycles. The van der Waals surface area contributed by atoms with Gasteiger partial charge in [0.2, 0.25) is 0 Å². The van der Waals surface area contributed by atoms with E-state index in [1.54, 1.807) is 13.8 Å². The third-order valence-electron chi connectivity index (χ3n) is 1.51. The standard InChI is InChI=1S/C8H16N2O4/c1-4(2)10-8(14)6(12)5(11)7(13)9-3/h4-6,11-12H,1-3H3,(H,9,13)(H,10,14)/t5-,6-/m0/s1. The molecule has 2 amide bonds. The number of hydrogen-bond donors (Lipinski definition) is 4. The highest BCUT2D eigenvalue weighted by molar-refractivity contribution is 5.90. The van der Waals surface area contributed by atoms with E-state index in [1.165, 1.54) is 7.05 Å². The van der Waals surface area contributed by atoms with Gasteiger partial charge >= 0.3 is 0 Å². The van der Waals surface area contributed by atoms with Gasteiger partial charge in [-0.05, 0) is 13.8 Å².